The zero-order chi connectivity index (χ0) is 21.9. The summed E-state index contributed by atoms with van der Waals surface area (Å²) in [7, 11) is 1.92. The first-order valence-electron chi connectivity index (χ1n) is 11.6. The molecule has 0 bridgehead atoms. The van der Waals surface area contributed by atoms with Crippen LogP contribution in [0.4, 0.5) is 29.1 Å². The maximum Gasteiger partial charge on any atom is 0.229 e. The second-order valence-electron chi connectivity index (χ2n) is 8.53. The van der Waals surface area contributed by atoms with Crippen LogP contribution in [-0.4, -0.2) is 48.2 Å². The minimum absolute atomic E-state index is 0.771. The molecule has 2 aliphatic rings. The third-order valence-electron chi connectivity index (χ3n) is 6.56. The number of fused-ring (bicyclic) bond motifs is 1. The molecule has 2 aromatic heterocycles. The number of piperazine rings is 1. The van der Waals surface area contributed by atoms with Gasteiger partial charge in [-0.25, -0.2) is 4.98 Å². The molecule has 32 heavy (non-hydrogen) atoms. The molecule has 1 saturated heterocycles. The van der Waals surface area contributed by atoms with Crippen molar-refractivity contribution in [3.8, 4) is 0 Å². The number of hydrogen-bond acceptors (Lipinski definition) is 7. The summed E-state index contributed by atoms with van der Waals surface area (Å²) in [4.78, 5) is 18.9. The van der Waals surface area contributed by atoms with Gasteiger partial charge in [0.1, 0.15) is 17.5 Å². The lowest BCUT2D eigenvalue weighted by atomic mass is 9.90. The summed E-state index contributed by atoms with van der Waals surface area (Å²) >= 11 is 0. The van der Waals surface area contributed by atoms with Crippen LogP contribution in [0.15, 0.2) is 42.6 Å². The fourth-order valence-electron chi connectivity index (χ4n) is 4.71. The maximum atomic E-state index is 4.98. The first-order chi connectivity index (χ1) is 15.7. The van der Waals surface area contributed by atoms with E-state index in [-0.39, 0.29) is 0 Å². The largest absolute Gasteiger partial charge is 0.373 e. The molecule has 0 radical (unpaired) electrons. The van der Waals surface area contributed by atoms with Gasteiger partial charge in [0.25, 0.3) is 0 Å². The Labute approximate surface area is 189 Å². The number of aromatic nitrogens is 3. The zero-order valence-electron chi connectivity index (χ0n) is 18.9. The number of benzene rings is 1. The predicted octanol–water partition coefficient (Wildman–Crippen LogP) is 4.17. The fourth-order valence-corrected chi connectivity index (χ4v) is 4.71. The molecule has 0 atom stereocenters. The van der Waals surface area contributed by atoms with Crippen LogP contribution < -0.4 is 20.4 Å². The summed E-state index contributed by atoms with van der Waals surface area (Å²) in [6.07, 6.45) is 6.68. The maximum absolute atomic E-state index is 4.98. The van der Waals surface area contributed by atoms with Gasteiger partial charge in [0.2, 0.25) is 5.95 Å². The van der Waals surface area contributed by atoms with Gasteiger partial charge >= 0.3 is 0 Å². The quantitative estimate of drug-likeness (QED) is 0.631. The van der Waals surface area contributed by atoms with Crippen LogP contribution in [0.2, 0.25) is 0 Å². The van der Waals surface area contributed by atoms with E-state index in [2.05, 4.69) is 56.6 Å². The predicted molar refractivity (Wildman–Crippen MR) is 131 cm³/mol. The first-order valence-corrected chi connectivity index (χ1v) is 11.6. The molecule has 1 aliphatic heterocycles. The lowest BCUT2D eigenvalue weighted by Crippen LogP contribution is -2.47. The molecule has 1 aliphatic carbocycles. The SMILES string of the molecule is CNc1nc(N2CCN(c3ccccn3)CC2)nc(Nc2cccc3c2CCCC3)c1C. The van der Waals surface area contributed by atoms with Crippen LogP contribution in [-0.2, 0) is 12.8 Å². The lowest BCUT2D eigenvalue weighted by Gasteiger charge is -2.35. The third-order valence-corrected chi connectivity index (χ3v) is 6.56. The molecule has 0 unspecified atom stereocenters. The molecule has 1 fully saturated rings. The van der Waals surface area contributed by atoms with E-state index < -0.39 is 0 Å². The van der Waals surface area contributed by atoms with Gasteiger partial charge in [-0.05, 0) is 61.9 Å². The summed E-state index contributed by atoms with van der Waals surface area (Å²) in [5, 5.41) is 6.91. The van der Waals surface area contributed by atoms with Gasteiger partial charge < -0.3 is 20.4 Å². The van der Waals surface area contributed by atoms with Crippen molar-refractivity contribution in [1.82, 2.24) is 15.0 Å². The van der Waals surface area contributed by atoms with Crippen molar-refractivity contribution in [1.29, 1.82) is 0 Å². The van der Waals surface area contributed by atoms with Gasteiger partial charge in [0.05, 0.1) is 0 Å². The van der Waals surface area contributed by atoms with Crippen molar-refractivity contribution in [2.24, 2.45) is 0 Å². The molecule has 0 amide bonds. The summed E-state index contributed by atoms with van der Waals surface area (Å²) in [6.45, 7) is 5.61. The highest BCUT2D eigenvalue weighted by Crippen LogP contribution is 2.32. The highest BCUT2D eigenvalue weighted by atomic mass is 15.3. The Bertz CT molecular complexity index is 1080. The van der Waals surface area contributed by atoms with E-state index in [1.807, 2.05) is 25.4 Å². The Kier molecular flexibility index (Phi) is 5.79. The fraction of sp³-hybridized carbons (Fsp3) is 0.400. The highest BCUT2D eigenvalue weighted by Gasteiger charge is 2.22. The summed E-state index contributed by atoms with van der Waals surface area (Å²) in [6, 6.07) is 12.7. The van der Waals surface area contributed by atoms with Crippen molar-refractivity contribution in [2.75, 3.05) is 53.7 Å². The topological polar surface area (TPSA) is 69.2 Å². The molecule has 7 nitrogen and oxygen atoms in total. The van der Waals surface area contributed by atoms with E-state index in [1.165, 1.54) is 36.1 Å². The molecular weight excluding hydrogens is 398 g/mol. The Morgan fingerprint density at radius 1 is 0.844 bits per heavy atom. The number of nitrogens with one attached hydrogen (secondary N) is 2. The summed E-state index contributed by atoms with van der Waals surface area (Å²) in [5.74, 6) is 3.55. The molecule has 0 spiro atoms. The highest BCUT2D eigenvalue weighted by molar-refractivity contribution is 5.69. The second-order valence-corrected chi connectivity index (χ2v) is 8.53. The molecule has 7 heteroatoms. The number of hydrogen-bond donors (Lipinski definition) is 2. The Morgan fingerprint density at radius 2 is 1.62 bits per heavy atom. The van der Waals surface area contributed by atoms with Crippen molar-refractivity contribution < 1.29 is 0 Å². The summed E-state index contributed by atoms with van der Waals surface area (Å²) < 4.78 is 0. The van der Waals surface area contributed by atoms with Crippen molar-refractivity contribution >= 4 is 29.1 Å². The van der Waals surface area contributed by atoms with Gasteiger partial charge in [-0.3, -0.25) is 0 Å². The molecule has 3 aromatic rings. The van der Waals surface area contributed by atoms with E-state index in [0.29, 0.717) is 0 Å². The number of pyridine rings is 1. The monoisotopic (exact) mass is 429 g/mol. The van der Waals surface area contributed by atoms with E-state index in [4.69, 9.17) is 9.97 Å². The molecular formula is C25H31N7. The van der Waals surface area contributed by atoms with Gasteiger partial charge in [0.15, 0.2) is 0 Å². The molecule has 166 valence electrons. The molecule has 1 aromatic carbocycles. The molecule has 0 saturated carbocycles. The average Bonchev–Trinajstić information content (AvgIpc) is 2.86. The van der Waals surface area contributed by atoms with E-state index in [1.54, 1.807) is 0 Å². The van der Waals surface area contributed by atoms with Crippen LogP contribution in [0, 0.1) is 6.92 Å². The lowest BCUT2D eigenvalue weighted by molar-refractivity contribution is 0.635. The minimum Gasteiger partial charge on any atom is -0.373 e. The first kappa shape index (κ1) is 20.5. The Morgan fingerprint density at radius 3 is 2.41 bits per heavy atom. The standard InChI is InChI=1S/C25H31N7/c1-18-23(26-2)29-25(32-16-14-31(15-17-32)22-12-5-6-13-27-22)30-24(18)28-21-11-7-9-19-8-3-4-10-20(19)21/h5-7,9,11-13H,3-4,8,10,14-17H2,1-2H3,(H2,26,28,29,30). The number of rotatable bonds is 5. The number of aryl methyl sites for hydroxylation is 1. The number of anilines is 5. The van der Waals surface area contributed by atoms with Crippen molar-refractivity contribution in [3.63, 3.8) is 0 Å². The van der Waals surface area contributed by atoms with E-state index >= 15 is 0 Å². The van der Waals surface area contributed by atoms with Crippen LogP contribution in [0.1, 0.15) is 29.5 Å². The van der Waals surface area contributed by atoms with Crippen molar-refractivity contribution in [2.45, 2.75) is 32.6 Å². The van der Waals surface area contributed by atoms with Crippen LogP contribution in [0.3, 0.4) is 0 Å². The van der Waals surface area contributed by atoms with Gasteiger partial charge in [-0.15, -0.1) is 0 Å². The molecule has 2 N–H and O–H groups in total. The normalized spacial score (nSPS) is 15.9. The van der Waals surface area contributed by atoms with Crippen LogP contribution in [0.25, 0.3) is 0 Å². The van der Waals surface area contributed by atoms with E-state index in [0.717, 1.165) is 61.6 Å². The van der Waals surface area contributed by atoms with Gasteiger partial charge in [-0.2, -0.15) is 9.97 Å². The third kappa shape index (κ3) is 4.07. The second kappa shape index (κ2) is 9.02. The average molecular weight is 430 g/mol. The molecule has 3 heterocycles. The van der Waals surface area contributed by atoms with Gasteiger partial charge in [0, 0.05) is 50.7 Å². The molecule has 5 rings (SSSR count). The zero-order valence-corrected chi connectivity index (χ0v) is 18.9. The van der Waals surface area contributed by atoms with Crippen molar-refractivity contribution in [3.05, 3.63) is 59.3 Å². The smallest absolute Gasteiger partial charge is 0.229 e. The Hall–Kier alpha value is -3.35. The Balaban J connectivity index is 1.39. The van der Waals surface area contributed by atoms with Crippen LogP contribution in [0.5, 0.6) is 0 Å². The van der Waals surface area contributed by atoms with Crippen LogP contribution >= 0.6 is 0 Å². The van der Waals surface area contributed by atoms with E-state index in [9.17, 15) is 0 Å². The summed E-state index contributed by atoms with van der Waals surface area (Å²) in [5.41, 5.74) is 5.12. The number of nitrogens with zero attached hydrogens (tertiary/aromatic N) is 5. The minimum atomic E-state index is 0.771. The van der Waals surface area contributed by atoms with Gasteiger partial charge in [-0.1, -0.05) is 18.2 Å².